The lowest BCUT2D eigenvalue weighted by Crippen LogP contribution is -2.30. The van der Waals surface area contributed by atoms with Crippen LogP contribution in [-0.4, -0.2) is 44.6 Å². The molecule has 8 heteroatoms. The molecule has 1 saturated heterocycles. The molecule has 0 spiro atoms. The highest BCUT2D eigenvalue weighted by Crippen LogP contribution is 2.21. The second kappa shape index (κ2) is 9.66. The third-order valence-corrected chi connectivity index (χ3v) is 5.48. The molecule has 0 aliphatic carbocycles. The zero-order valence-corrected chi connectivity index (χ0v) is 16.9. The van der Waals surface area contributed by atoms with Crippen molar-refractivity contribution in [3.8, 4) is 5.88 Å². The van der Waals surface area contributed by atoms with Crippen LogP contribution in [0.2, 0.25) is 0 Å². The molecule has 0 bridgehead atoms. The molecule has 2 heterocycles. The minimum Gasteiger partial charge on any atom is -0.476 e. The second-order valence-corrected chi connectivity index (χ2v) is 8.31. The number of aryl methyl sites for hydroxylation is 1. The molecule has 1 aliphatic heterocycles. The van der Waals surface area contributed by atoms with E-state index in [-0.39, 0.29) is 13.2 Å². The molecular weight excluding hydrogens is 376 g/mol. The maximum absolute atomic E-state index is 12.0. The third kappa shape index (κ3) is 6.31. The van der Waals surface area contributed by atoms with E-state index in [4.69, 9.17) is 4.74 Å². The Morgan fingerprint density at radius 1 is 1.14 bits per heavy atom. The van der Waals surface area contributed by atoms with Crippen LogP contribution in [0.3, 0.4) is 0 Å². The maximum atomic E-state index is 12.0. The highest BCUT2D eigenvalue weighted by atomic mass is 32.2. The first kappa shape index (κ1) is 20.3. The van der Waals surface area contributed by atoms with Gasteiger partial charge >= 0.3 is 0 Å². The standard InChI is InChI=1S/C20H26N4O3S/c1-17-22-19(24-12-6-3-7-13-24)16-20(23-17)27-14-11-21-28(25,26)15-10-18-8-4-2-5-9-18/h2,4-5,8-10,15-16,21H,3,6-7,11-14H2,1H3/b15-10+. The van der Waals surface area contributed by atoms with Crippen molar-refractivity contribution >= 4 is 21.9 Å². The predicted molar refractivity (Wildman–Crippen MR) is 111 cm³/mol. The topological polar surface area (TPSA) is 84.4 Å². The highest BCUT2D eigenvalue weighted by molar-refractivity contribution is 7.92. The summed E-state index contributed by atoms with van der Waals surface area (Å²) >= 11 is 0. The Labute approximate surface area is 166 Å². The number of ether oxygens (including phenoxy) is 1. The summed E-state index contributed by atoms with van der Waals surface area (Å²) in [7, 11) is -3.52. The van der Waals surface area contributed by atoms with Crippen LogP contribution in [0.15, 0.2) is 41.8 Å². The van der Waals surface area contributed by atoms with Gasteiger partial charge in [-0.25, -0.2) is 18.1 Å². The van der Waals surface area contributed by atoms with Gasteiger partial charge in [-0.1, -0.05) is 30.3 Å². The molecule has 0 radical (unpaired) electrons. The minimum atomic E-state index is -3.52. The van der Waals surface area contributed by atoms with E-state index in [1.165, 1.54) is 6.42 Å². The Kier molecular flexibility index (Phi) is 7.00. The summed E-state index contributed by atoms with van der Waals surface area (Å²) in [5, 5.41) is 1.16. The molecule has 3 rings (SSSR count). The largest absolute Gasteiger partial charge is 0.476 e. The Morgan fingerprint density at radius 3 is 2.64 bits per heavy atom. The van der Waals surface area contributed by atoms with Gasteiger partial charge in [0.2, 0.25) is 15.9 Å². The molecular formula is C20H26N4O3S. The number of piperidine rings is 1. The Hall–Kier alpha value is -2.45. The van der Waals surface area contributed by atoms with Gasteiger partial charge in [0.25, 0.3) is 0 Å². The highest BCUT2D eigenvalue weighted by Gasteiger charge is 2.14. The smallest absolute Gasteiger partial charge is 0.233 e. The van der Waals surface area contributed by atoms with Gasteiger partial charge in [0.05, 0.1) is 0 Å². The molecule has 28 heavy (non-hydrogen) atoms. The van der Waals surface area contributed by atoms with Gasteiger partial charge in [-0.2, -0.15) is 4.98 Å². The molecule has 7 nitrogen and oxygen atoms in total. The van der Waals surface area contributed by atoms with Crippen molar-refractivity contribution in [2.75, 3.05) is 31.1 Å². The molecule has 1 N–H and O–H groups in total. The van der Waals surface area contributed by atoms with Crippen LogP contribution in [0.4, 0.5) is 5.82 Å². The lowest BCUT2D eigenvalue weighted by atomic mass is 10.1. The van der Waals surface area contributed by atoms with Crippen molar-refractivity contribution in [3.05, 3.63) is 53.2 Å². The fourth-order valence-corrected chi connectivity index (χ4v) is 3.80. The van der Waals surface area contributed by atoms with Crippen molar-refractivity contribution in [2.24, 2.45) is 0 Å². The van der Waals surface area contributed by atoms with Crippen LogP contribution in [-0.2, 0) is 10.0 Å². The zero-order chi connectivity index (χ0) is 19.8. The average Bonchev–Trinajstić information content (AvgIpc) is 2.71. The summed E-state index contributed by atoms with van der Waals surface area (Å²) in [5.41, 5.74) is 0.825. The summed E-state index contributed by atoms with van der Waals surface area (Å²) in [6.45, 7) is 4.15. The van der Waals surface area contributed by atoms with Gasteiger partial charge in [-0.15, -0.1) is 0 Å². The Morgan fingerprint density at radius 2 is 1.89 bits per heavy atom. The number of rotatable bonds is 8. The van der Waals surface area contributed by atoms with Crippen molar-refractivity contribution in [1.29, 1.82) is 0 Å². The summed E-state index contributed by atoms with van der Waals surface area (Å²) in [6, 6.07) is 11.1. The first-order valence-electron chi connectivity index (χ1n) is 9.48. The van der Waals surface area contributed by atoms with E-state index in [0.717, 1.165) is 42.7 Å². The lowest BCUT2D eigenvalue weighted by Gasteiger charge is -2.28. The van der Waals surface area contributed by atoms with Crippen LogP contribution < -0.4 is 14.4 Å². The molecule has 1 fully saturated rings. The van der Waals surface area contributed by atoms with Gasteiger partial charge in [-0.3, -0.25) is 0 Å². The van der Waals surface area contributed by atoms with Gasteiger partial charge in [0, 0.05) is 31.1 Å². The molecule has 0 saturated carbocycles. The van der Waals surface area contributed by atoms with E-state index in [9.17, 15) is 8.42 Å². The number of aromatic nitrogens is 2. The zero-order valence-electron chi connectivity index (χ0n) is 16.0. The van der Waals surface area contributed by atoms with Gasteiger partial charge in [0.1, 0.15) is 18.2 Å². The van der Waals surface area contributed by atoms with Crippen LogP contribution in [0, 0.1) is 6.92 Å². The molecule has 1 aromatic carbocycles. The maximum Gasteiger partial charge on any atom is 0.233 e. The normalized spacial score (nSPS) is 15.1. The first-order valence-corrected chi connectivity index (χ1v) is 11.0. The van der Waals surface area contributed by atoms with Crippen molar-refractivity contribution in [1.82, 2.24) is 14.7 Å². The van der Waals surface area contributed by atoms with E-state index in [1.807, 2.05) is 43.3 Å². The van der Waals surface area contributed by atoms with Crippen LogP contribution in [0.5, 0.6) is 5.88 Å². The van der Waals surface area contributed by atoms with Crippen molar-refractivity contribution < 1.29 is 13.2 Å². The average molecular weight is 403 g/mol. The number of benzene rings is 1. The quantitative estimate of drug-likeness (QED) is 0.684. The van der Waals surface area contributed by atoms with E-state index >= 15 is 0 Å². The van der Waals surface area contributed by atoms with Crippen LogP contribution in [0.1, 0.15) is 30.7 Å². The fourth-order valence-electron chi connectivity index (χ4n) is 3.00. The lowest BCUT2D eigenvalue weighted by molar-refractivity contribution is 0.309. The van der Waals surface area contributed by atoms with Crippen molar-refractivity contribution in [2.45, 2.75) is 26.2 Å². The van der Waals surface area contributed by atoms with Gasteiger partial charge < -0.3 is 9.64 Å². The summed E-state index contributed by atoms with van der Waals surface area (Å²) < 4.78 is 32.2. The predicted octanol–water partition coefficient (Wildman–Crippen LogP) is 2.74. The molecule has 0 unspecified atom stereocenters. The molecule has 150 valence electrons. The summed E-state index contributed by atoms with van der Waals surface area (Å²) in [4.78, 5) is 11.0. The van der Waals surface area contributed by atoms with Crippen LogP contribution in [0.25, 0.3) is 6.08 Å². The number of hydrogen-bond acceptors (Lipinski definition) is 6. The van der Waals surface area contributed by atoms with Crippen LogP contribution >= 0.6 is 0 Å². The van der Waals surface area contributed by atoms with E-state index in [1.54, 1.807) is 6.08 Å². The molecule has 1 aliphatic rings. The molecule has 1 aromatic heterocycles. The monoisotopic (exact) mass is 402 g/mol. The number of nitrogens with one attached hydrogen (secondary N) is 1. The minimum absolute atomic E-state index is 0.156. The number of anilines is 1. The van der Waals surface area contributed by atoms with Crippen molar-refractivity contribution in [3.63, 3.8) is 0 Å². The van der Waals surface area contributed by atoms with Gasteiger partial charge in [0.15, 0.2) is 0 Å². The number of hydrogen-bond donors (Lipinski definition) is 1. The number of nitrogens with zero attached hydrogens (tertiary/aromatic N) is 3. The summed E-state index contributed by atoms with van der Waals surface area (Å²) in [5.74, 6) is 1.98. The number of sulfonamides is 1. The van der Waals surface area contributed by atoms with Gasteiger partial charge in [-0.05, 0) is 37.8 Å². The molecule has 0 amide bonds. The SMILES string of the molecule is Cc1nc(OCCNS(=O)(=O)/C=C/c2ccccc2)cc(N2CCCCC2)n1. The Bertz CT molecular complexity index is 895. The molecule has 0 atom stereocenters. The van der Waals surface area contributed by atoms with E-state index in [0.29, 0.717) is 11.7 Å². The fraction of sp³-hybridized carbons (Fsp3) is 0.400. The second-order valence-electron chi connectivity index (χ2n) is 6.66. The summed E-state index contributed by atoms with van der Waals surface area (Å²) in [6.07, 6.45) is 5.14. The Balaban J connectivity index is 1.50. The molecule has 2 aromatic rings. The van der Waals surface area contributed by atoms with E-state index < -0.39 is 10.0 Å². The first-order chi connectivity index (χ1) is 13.5. The third-order valence-electron chi connectivity index (χ3n) is 4.38. The van der Waals surface area contributed by atoms with E-state index in [2.05, 4.69) is 19.6 Å².